The molecular weight excluding hydrogens is 298 g/mol. The van der Waals surface area contributed by atoms with Gasteiger partial charge in [-0.1, -0.05) is 44.2 Å². The first-order valence-corrected chi connectivity index (χ1v) is 8.55. The highest BCUT2D eigenvalue weighted by molar-refractivity contribution is 5.80. The lowest BCUT2D eigenvalue weighted by atomic mass is 10.0. The fourth-order valence-electron chi connectivity index (χ4n) is 2.55. The minimum Gasteiger partial charge on any atom is -0.508 e. The second-order valence-electron chi connectivity index (χ2n) is 5.82. The maximum absolute atomic E-state index is 9.36. The molecule has 0 bridgehead atoms. The molecule has 128 valence electrons. The van der Waals surface area contributed by atoms with Crippen molar-refractivity contribution >= 4 is 11.6 Å². The summed E-state index contributed by atoms with van der Waals surface area (Å²) in [5.74, 6) is 1.19. The molecule has 0 aliphatic rings. The van der Waals surface area contributed by atoms with E-state index in [9.17, 15) is 5.11 Å². The number of benzene rings is 2. The minimum absolute atomic E-state index is 0.290. The van der Waals surface area contributed by atoms with E-state index in [1.807, 2.05) is 24.3 Å². The van der Waals surface area contributed by atoms with Gasteiger partial charge in [-0.15, -0.1) is 0 Å². The Labute approximate surface area is 145 Å². The van der Waals surface area contributed by atoms with Crippen LogP contribution < -0.4 is 4.74 Å². The third-order valence-electron chi connectivity index (χ3n) is 4.16. The largest absolute Gasteiger partial charge is 0.508 e. The van der Waals surface area contributed by atoms with Crippen LogP contribution in [0.4, 0.5) is 0 Å². The van der Waals surface area contributed by atoms with Gasteiger partial charge in [0, 0.05) is 6.54 Å². The molecule has 1 N–H and O–H groups in total. The monoisotopic (exact) mass is 325 g/mol. The fraction of sp³-hybridized carbons (Fsp3) is 0.333. The van der Waals surface area contributed by atoms with E-state index in [2.05, 4.69) is 43.9 Å². The molecule has 0 fully saturated rings. The van der Waals surface area contributed by atoms with Crippen molar-refractivity contribution in [1.29, 1.82) is 0 Å². The lowest BCUT2D eigenvalue weighted by Crippen LogP contribution is -2.27. The Balaban J connectivity index is 1.94. The van der Waals surface area contributed by atoms with E-state index < -0.39 is 0 Å². The number of ether oxygens (including phenoxy) is 1. The average molecular weight is 325 g/mol. The van der Waals surface area contributed by atoms with Crippen molar-refractivity contribution in [3.63, 3.8) is 0 Å². The number of allylic oxidation sites excluding steroid dienone is 1. The van der Waals surface area contributed by atoms with Gasteiger partial charge in [0.15, 0.2) is 0 Å². The SMILES string of the molecule is CCN(CC)CCOc1ccc(/C=C(\C)c2ccc(O)cc2)cc1. The molecule has 0 saturated heterocycles. The number of aromatic hydroxyl groups is 1. The van der Waals surface area contributed by atoms with Crippen LogP contribution in [0.3, 0.4) is 0 Å². The number of phenolic OH excluding ortho intramolecular Hbond substituents is 1. The number of nitrogens with zero attached hydrogens (tertiary/aromatic N) is 1. The molecule has 3 nitrogen and oxygen atoms in total. The van der Waals surface area contributed by atoms with Gasteiger partial charge in [-0.25, -0.2) is 0 Å². The van der Waals surface area contributed by atoms with Crippen molar-refractivity contribution < 1.29 is 9.84 Å². The molecule has 0 atom stereocenters. The topological polar surface area (TPSA) is 32.7 Å². The second kappa shape index (κ2) is 9.14. The van der Waals surface area contributed by atoms with E-state index in [1.54, 1.807) is 12.1 Å². The third kappa shape index (κ3) is 5.43. The van der Waals surface area contributed by atoms with Crippen LogP contribution in [0.25, 0.3) is 11.6 Å². The highest BCUT2D eigenvalue weighted by Crippen LogP contribution is 2.21. The highest BCUT2D eigenvalue weighted by atomic mass is 16.5. The zero-order valence-corrected chi connectivity index (χ0v) is 14.8. The molecule has 0 aliphatic heterocycles. The molecule has 0 amide bonds. The summed E-state index contributed by atoms with van der Waals surface area (Å²) in [5, 5.41) is 9.36. The molecule has 2 aromatic rings. The van der Waals surface area contributed by atoms with Gasteiger partial charge in [-0.2, -0.15) is 0 Å². The first-order chi connectivity index (χ1) is 11.6. The van der Waals surface area contributed by atoms with E-state index in [0.717, 1.165) is 42.1 Å². The maximum atomic E-state index is 9.36. The van der Waals surface area contributed by atoms with Gasteiger partial charge in [0.1, 0.15) is 18.1 Å². The van der Waals surface area contributed by atoms with E-state index in [0.29, 0.717) is 6.61 Å². The predicted octanol–water partition coefficient (Wildman–Crippen LogP) is 4.67. The van der Waals surface area contributed by atoms with E-state index >= 15 is 0 Å². The first kappa shape index (κ1) is 18.1. The van der Waals surface area contributed by atoms with Crippen molar-refractivity contribution in [1.82, 2.24) is 4.90 Å². The molecule has 0 unspecified atom stereocenters. The van der Waals surface area contributed by atoms with E-state index in [-0.39, 0.29) is 5.75 Å². The van der Waals surface area contributed by atoms with Crippen LogP contribution in [-0.2, 0) is 0 Å². The summed E-state index contributed by atoms with van der Waals surface area (Å²) < 4.78 is 5.81. The van der Waals surface area contributed by atoms with Crippen LogP contribution in [0.15, 0.2) is 48.5 Å². The summed E-state index contributed by atoms with van der Waals surface area (Å²) in [5.41, 5.74) is 3.40. The lowest BCUT2D eigenvalue weighted by Gasteiger charge is -2.18. The van der Waals surface area contributed by atoms with Gasteiger partial charge in [-0.05, 0) is 61.0 Å². The zero-order valence-electron chi connectivity index (χ0n) is 14.8. The predicted molar refractivity (Wildman–Crippen MR) is 101 cm³/mol. The molecule has 0 aromatic heterocycles. The number of rotatable bonds is 8. The molecule has 0 aliphatic carbocycles. The van der Waals surface area contributed by atoms with E-state index in [4.69, 9.17) is 4.74 Å². The molecule has 0 radical (unpaired) electrons. The van der Waals surface area contributed by atoms with Gasteiger partial charge in [0.2, 0.25) is 0 Å². The van der Waals surface area contributed by atoms with Crippen molar-refractivity contribution in [3.8, 4) is 11.5 Å². The molecule has 3 heteroatoms. The highest BCUT2D eigenvalue weighted by Gasteiger charge is 2.00. The number of hydrogen-bond acceptors (Lipinski definition) is 3. The Kier molecular flexibility index (Phi) is 6.89. The van der Waals surface area contributed by atoms with Gasteiger partial charge in [0.25, 0.3) is 0 Å². The Morgan fingerprint density at radius 2 is 1.62 bits per heavy atom. The van der Waals surface area contributed by atoms with Crippen LogP contribution in [0.2, 0.25) is 0 Å². The maximum Gasteiger partial charge on any atom is 0.119 e. The van der Waals surface area contributed by atoms with Gasteiger partial charge >= 0.3 is 0 Å². The Morgan fingerprint density at radius 3 is 2.21 bits per heavy atom. The van der Waals surface area contributed by atoms with Gasteiger partial charge in [0.05, 0.1) is 0 Å². The number of phenols is 1. The minimum atomic E-state index is 0.290. The smallest absolute Gasteiger partial charge is 0.119 e. The molecule has 0 saturated carbocycles. The quantitative estimate of drug-likeness (QED) is 0.716. The number of hydrogen-bond donors (Lipinski definition) is 1. The molecule has 0 spiro atoms. The van der Waals surface area contributed by atoms with Crippen molar-refractivity contribution in [2.75, 3.05) is 26.2 Å². The van der Waals surface area contributed by atoms with Crippen molar-refractivity contribution in [2.24, 2.45) is 0 Å². The van der Waals surface area contributed by atoms with Crippen LogP contribution in [0, 0.1) is 0 Å². The summed E-state index contributed by atoms with van der Waals surface area (Å²) in [6.07, 6.45) is 2.13. The summed E-state index contributed by atoms with van der Waals surface area (Å²) in [4.78, 5) is 2.35. The first-order valence-electron chi connectivity index (χ1n) is 8.55. The van der Waals surface area contributed by atoms with Crippen LogP contribution in [-0.4, -0.2) is 36.2 Å². The Bertz CT molecular complexity index is 641. The second-order valence-corrected chi connectivity index (χ2v) is 5.82. The number of likely N-dealkylation sites (N-methyl/N-ethyl adjacent to an activating group) is 1. The van der Waals surface area contributed by atoms with Crippen molar-refractivity contribution in [2.45, 2.75) is 20.8 Å². The molecule has 2 rings (SSSR count). The summed E-state index contributed by atoms with van der Waals surface area (Å²) in [6.45, 7) is 10.2. The van der Waals surface area contributed by atoms with Crippen LogP contribution in [0.5, 0.6) is 11.5 Å². The fourth-order valence-corrected chi connectivity index (χ4v) is 2.55. The Hall–Kier alpha value is -2.26. The molecular formula is C21H27NO2. The summed E-state index contributed by atoms with van der Waals surface area (Å²) >= 11 is 0. The molecule has 0 heterocycles. The molecule has 2 aromatic carbocycles. The van der Waals surface area contributed by atoms with Crippen molar-refractivity contribution in [3.05, 3.63) is 59.7 Å². The zero-order chi connectivity index (χ0) is 17.4. The average Bonchev–Trinajstić information content (AvgIpc) is 2.60. The Morgan fingerprint density at radius 1 is 1.00 bits per heavy atom. The lowest BCUT2D eigenvalue weighted by molar-refractivity contribution is 0.223. The van der Waals surface area contributed by atoms with Crippen LogP contribution in [0.1, 0.15) is 31.9 Å². The molecule has 24 heavy (non-hydrogen) atoms. The summed E-state index contributed by atoms with van der Waals surface area (Å²) in [7, 11) is 0. The normalized spacial score (nSPS) is 11.8. The van der Waals surface area contributed by atoms with E-state index in [1.165, 1.54) is 0 Å². The third-order valence-corrected chi connectivity index (χ3v) is 4.16. The standard InChI is InChI=1S/C21H27NO2/c1-4-22(5-2)14-15-24-21-12-6-18(7-13-21)16-17(3)19-8-10-20(23)11-9-19/h6-13,16,23H,4-5,14-15H2,1-3H3/b17-16+. The van der Waals surface area contributed by atoms with Gasteiger partial charge in [-0.3, -0.25) is 0 Å². The summed E-state index contributed by atoms with van der Waals surface area (Å²) in [6, 6.07) is 15.4. The van der Waals surface area contributed by atoms with Gasteiger partial charge < -0.3 is 14.7 Å². The van der Waals surface area contributed by atoms with Crippen LogP contribution >= 0.6 is 0 Å².